The van der Waals surface area contributed by atoms with Crippen molar-refractivity contribution in [1.29, 1.82) is 0 Å². The Morgan fingerprint density at radius 2 is 1.36 bits per heavy atom. The van der Waals surface area contributed by atoms with E-state index in [1.54, 1.807) is 0 Å². The number of hydrogen-bond donors (Lipinski definition) is 1. The molecular formula is C24H20Cl2O2. The van der Waals surface area contributed by atoms with Crippen molar-refractivity contribution >= 4 is 40.3 Å². The average molecular weight is 411 g/mol. The molecule has 3 aromatic carbocycles. The average Bonchev–Trinajstić information content (AvgIpc) is 2.70. The molecule has 0 saturated heterocycles. The van der Waals surface area contributed by atoms with Crippen LogP contribution in [0.25, 0.3) is 11.1 Å². The fourth-order valence-corrected chi connectivity index (χ4v) is 3.56. The first kappa shape index (κ1) is 20.2. The molecule has 3 aromatic rings. The first-order chi connectivity index (χ1) is 13.6. The number of carboxylic acids is 1. The van der Waals surface area contributed by atoms with Gasteiger partial charge in [-0.2, -0.15) is 0 Å². The van der Waals surface area contributed by atoms with Crippen LogP contribution in [0.1, 0.15) is 28.7 Å². The molecule has 0 fully saturated rings. The van der Waals surface area contributed by atoms with Gasteiger partial charge in [0.15, 0.2) is 0 Å². The van der Waals surface area contributed by atoms with Crippen molar-refractivity contribution in [2.45, 2.75) is 12.8 Å². The third kappa shape index (κ3) is 5.03. The van der Waals surface area contributed by atoms with Gasteiger partial charge in [0.25, 0.3) is 0 Å². The van der Waals surface area contributed by atoms with Gasteiger partial charge in [0, 0.05) is 10.9 Å². The number of halogens is 2. The lowest BCUT2D eigenvalue weighted by atomic mass is 9.88. The van der Waals surface area contributed by atoms with Gasteiger partial charge in [-0.15, -0.1) is 11.6 Å². The van der Waals surface area contributed by atoms with Crippen LogP contribution in [0, 0.1) is 0 Å². The molecule has 0 radical (unpaired) electrons. The maximum Gasteiger partial charge on any atom is 0.307 e. The van der Waals surface area contributed by atoms with Crippen LogP contribution in [-0.4, -0.2) is 17.0 Å². The number of rotatable bonds is 7. The van der Waals surface area contributed by atoms with Crippen LogP contribution >= 0.6 is 23.2 Å². The summed E-state index contributed by atoms with van der Waals surface area (Å²) in [5.41, 5.74) is 6.15. The van der Waals surface area contributed by atoms with E-state index in [-0.39, 0.29) is 6.42 Å². The summed E-state index contributed by atoms with van der Waals surface area (Å²) < 4.78 is 0. The lowest BCUT2D eigenvalue weighted by Crippen LogP contribution is -2.01. The Morgan fingerprint density at radius 3 is 1.89 bits per heavy atom. The second-order valence-electron chi connectivity index (χ2n) is 6.43. The lowest BCUT2D eigenvalue weighted by Gasteiger charge is -2.17. The zero-order chi connectivity index (χ0) is 19.9. The number of allylic oxidation sites excluding steroid dienone is 1. The summed E-state index contributed by atoms with van der Waals surface area (Å²) >= 11 is 12.2. The van der Waals surface area contributed by atoms with Crippen LogP contribution in [0.2, 0.25) is 5.02 Å². The van der Waals surface area contributed by atoms with Crippen LogP contribution in [0.3, 0.4) is 0 Å². The highest BCUT2D eigenvalue weighted by Crippen LogP contribution is 2.35. The zero-order valence-corrected chi connectivity index (χ0v) is 16.8. The van der Waals surface area contributed by atoms with Crippen LogP contribution in [0.5, 0.6) is 0 Å². The molecule has 0 aliphatic rings. The molecule has 0 amide bonds. The van der Waals surface area contributed by atoms with Gasteiger partial charge < -0.3 is 5.11 Å². The van der Waals surface area contributed by atoms with Crippen molar-refractivity contribution < 1.29 is 9.90 Å². The summed E-state index contributed by atoms with van der Waals surface area (Å²) in [6, 6.07) is 25.6. The molecule has 0 aliphatic carbocycles. The molecule has 4 heteroatoms. The molecule has 0 unspecified atom stereocenters. The molecule has 0 spiro atoms. The molecule has 0 atom stereocenters. The first-order valence-corrected chi connectivity index (χ1v) is 9.91. The summed E-state index contributed by atoms with van der Waals surface area (Å²) in [6.07, 6.45) is 0.716. The molecular weight excluding hydrogens is 391 g/mol. The summed E-state index contributed by atoms with van der Waals surface area (Å²) in [6.45, 7) is 0. The number of carbonyl (C=O) groups is 1. The second-order valence-corrected chi connectivity index (χ2v) is 7.25. The van der Waals surface area contributed by atoms with E-state index in [0.717, 1.165) is 33.4 Å². The maximum absolute atomic E-state index is 11.0. The molecule has 2 nitrogen and oxygen atoms in total. The van der Waals surface area contributed by atoms with Gasteiger partial charge in [0.05, 0.1) is 6.42 Å². The molecule has 0 heterocycles. The minimum Gasteiger partial charge on any atom is -0.481 e. The predicted octanol–water partition coefficient (Wildman–Crippen LogP) is 6.56. The standard InChI is InChI=1S/C24H20Cl2O2/c25-15-14-22(18-4-2-1-3-5-18)24(20-10-12-21(26)13-11-20)19-8-6-17(7-9-19)16-23(27)28/h1-13H,14-16H2,(H,27,28)/b24-22-. The molecule has 0 saturated carbocycles. The highest BCUT2D eigenvalue weighted by Gasteiger charge is 2.14. The van der Waals surface area contributed by atoms with E-state index in [4.69, 9.17) is 28.3 Å². The van der Waals surface area contributed by atoms with Crippen molar-refractivity contribution in [2.75, 3.05) is 5.88 Å². The normalized spacial score (nSPS) is 11.8. The Labute approximate surface area is 175 Å². The van der Waals surface area contributed by atoms with Gasteiger partial charge in [-0.05, 0) is 52.0 Å². The smallest absolute Gasteiger partial charge is 0.307 e. The fourth-order valence-electron chi connectivity index (χ4n) is 3.24. The highest BCUT2D eigenvalue weighted by molar-refractivity contribution is 6.30. The molecule has 28 heavy (non-hydrogen) atoms. The van der Waals surface area contributed by atoms with E-state index in [2.05, 4.69) is 12.1 Å². The third-order valence-corrected chi connectivity index (χ3v) is 4.94. The molecule has 0 aromatic heterocycles. The summed E-state index contributed by atoms with van der Waals surface area (Å²) in [4.78, 5) is 11.0. The Bertz CT molecular complexity index is 960. The number of hydrogen-bond acceptors (Lipinski definition) is 1. The first-order valence-electron chi connectivity index (χ1n) is 9.00. The highest BCUT2D eigenvalue weighted by atomic mass is 35.5. The summed E-state index contributed by atoms with van der Waals surface area (Å²) in [5, 5.41) is 9.70. The number of carboxylic acid groups (broad SMARTS) is 1. The molecule has 142 valence electrons. The Morgan fingerprint density at radius 1 is 0.786 bits per heavy atom. The van der Waals surface area contributed by atoms with Crippen molar-refractivity contribution in [2.24, 2.45) is 0 Å². The third-order valence-electron chi connectivity index (χ3n) is 4.50. The second kappa shape index (κ2) is 9.59. The van der Waals surface area contributed by atoms with Crippen molar-refractivity contribution in [3.8, 4) is 0 Å². The number of aliphatic carboxylic acids is 1. The van der Waals surface area contributed by atoms with Gasteiger partial charge in [-0.1, -0.05) is 78.3 Å². The van der Waals surface area contributed by atoms with Gasteiger partial charge in [-0.25, -0.2) is 0 Å². The topological polar surface area (TPSA) is 37.3 Å². The van der Waals surface area contributed by atoms with E-state index in [9.17, 15) is 4.79 Å². The molecule has 0 aliphatic heterocycles. The summed E-state index contributed by atoms with van der Waals surface area (Å²) in [5.74, 6) is -0.341. The van der Waals surface area contributed by atoms with E-state index in [0.29, 0.717) is 17.3 Å². The minimum atomic E-state index is -0.840. The number of benzene rings is 3. The van der Waals surface area contributed by atoms with E-state index >= 15 is 0 Å². The van der Waals surface area contributed by atoms with Crippen LogP contribution in [0.15, 0.2) is 78.9 Å². The Balaban J connectivity index is 2.19. The zero-order valence-electron chi connectivity index (χ0n) is 15.2. The van der Waals surface area contributed by atoms with Gasteiger partial charge in [0.1, 0.15) is 0 Å². The van der Waals surface area contributed by atoms with Crippen LogP contribution in [0.4, 0.5) is 0 Å². The van der Waals surface area contributed by atoms with Crippen molar-refractivity contribution in [1.82, 2.24) is 0 Å². The Kier molecular flexibility index (Phi) is 6.91. The van der Waals surface area contributed by atoms with E-state index < -0.39 is 5.97 Å². The molecule has 1 N–H and O–H groups in total. The fraction of sp³-hybridized carbons (Fsp3) is 0.125. The largest absolute Gasteiger partial charge is 0.481 e. The number of alkyl halides is 1. The van der Waals surface area contributed by atoms with Gasteiger partial charge in [0.2, 0.25) is 0 Å². The summed E-state index contributed by atoms with van der Waals surface area (Å²) in [7, 11) is 0. The Hall–Kier alpha value is -2.55. The maximum atomic E-state index is 11.0. The predicted molar refractivity (Wildman–Crippen MR) is 117 cm³/mol. The van der Waals surface area contributed by atoms with E-state index in [1.165, 1.54) is 0 Å². The van der Waals surface area contributed by atoms with Crippen LogP contribution in [-0.2, 0) is 11.2 Å². The van der Waals surface area contributed by atoms with Crippen LogP contribution < -0.4 is 0 Å². The lowest BCUT2D eigenvalue weighted by molar-refractivity contribution is -0.136. The molecule has 0 bridgehead atoms. The monoisotopic (exact) mass is 410 g/mol. The SMILES string of the molecule is O=C(O)Cc1ccc(/C(=C(\CCCl)c2ccccc2)c2ccc(Cl)cc2)cc1. The minimum absolute atomic E-state index is 0.00744. The van der Waals surface area contributed by atoms with Gasteiger partial charge in [-0.3, -0.25) is 4.79 Å². The molecule has 3 rings (SSSR count). The van der Waals surface area contributed by atoms with Crippen molar-refractivity contribution in [3.05, 3.63) is 106 Å². The van der Waals surface area contributed by atoms with Gasteiger partial charge >= 0.3 is 5.97 Å². The quantitative estimate of drug-likeness (QED) is 0.353. The van der Waals surface area contributed by atoms with Crippen molar-refractivity contribution in [3.63, 3.8) is 0 Å². The van der Waals surface area contributed by atoms with E-state index in [1.807, 2.05) is 66.7 Å².